The van der Waals surface area contributed by atoms with Gasteiger partial charge >= 0.3 is 0 Å². The molecular formula is C15H24FN3. The van der Waals surface area contributed by atoms with Crippen molar-refractivity contribution in [3.63, 3.8) is 0 Å². The average molecular weight is 265 g/mol. The van der Waals surface area contributed by atoms with Crippen LogP contribution >= 0.6 is 0 Å². The minimum atomic E-state index is -0.113. The Kier molecular flexibility index (Phi) is 5.16. The van der Waals surface area contributed by atoms with Crippen molar-refractivity contribution in [2.75, 3.05) is 44.7 Å². The fraction of sp³-hybridized carbons (Fsp3) is 0.600. The van der Waals surface area contributed by atoms with E-state index in [0.717, 1.165) is 44.8 Å². The van der Waals surface area contributed by atoms with E-state index >= 15 is 0 Å². The zero-order valence-corrected chi connectivity index (χ0v) is 11.9. The summed E-state index contributed by atoms with van der Waals surface area (Å²) in [6.07, 6.45) is 1.15. The highest BCUT2D eigenvalue weighted by Gasteiger charge is 2.23. The second-order valence-corrected chi connectivity index (χ2v) is 5.09. The fourth-order valence-corrected chi connectivity index (χ4v) is 2.80. The molecule has 3 nitrogen and oxygen atoms in total. The van der Waals surface area contributed by atoms with Gasteiger partial charge in [-0.05, 0) is 25.6 Å². The molecule has 1 unspecified atom stereocenters. The molecule has 4 heteroatoms. The van der Waals surface area contributed by atoms with Gasteiger partial charge in [0.15, 0.2) is 0 Å². The Bertz CT molecular complexity index is 389. The Morgan fingerprint density at radius 1 is 1.21 bits per heavy atom. The van der Waals surface area contributed by atoms with E-state index in [2.05, 4.69) is 22.0 Å². The lowest BCUT2D eigenvalue weighted by molar-refractivity contribution is 0.178. The molecule has 0 aromatic heterocycles. The number of halogens is 1. The predicted molar refractivity (Wildman–Crippen MR) is 78.2 cm³/mol. The van der Waals surface area contributed by atoms with Crippen LogP contribution < -0.4 is 10.2 Å². The minimum absolute atomic E-state index is 0.113. The number of likely N-dealkylation sites (N-methyl/N-ethyl adjacent to an activating group) is 1. The number of benzene rings is 1. The second-order valence-electron chi connectivity index (χ2n) is 5.09. The predicted octanol–water partition coefficient (Wildman–Crippen LogP) is 1.95. The fourth-order valence-electron chi connectivity index (χ4n) is 2.80. The van der Waals surface area contributed by atoms with Crippen LogP contribution in [-0.4, -0.2) is 50.7 Å². The van der Waals surface area contributed by atoms with Crippen molar-refractivity contribution in [3.05, 3.63) is 30.1 Å². The monoisotopic (exact) mass is 265 g/mol. The van der Waals surface area contributed by atoms with E-state index < -0.39 is 0 Å². The first-order valence-corrected chi connectivity index (χ1v) is 7.14. The third-order valence-electron chi connectivity index (χ3n) is 3.93. The van der Waals surface area contributed by atoms with Crippen molar-refractivity contribution >= 4 is 5.69 Å². The lowest BCUT2D eigenvalue weighted by atomic mass is 10.1. The number of nitrogens with zero attached hydrogens (tertiary/aromatic N) is 2. The number of piperazine rings is 1. The van der Waals surface area contributed by atoms with Crippen LogP contribution in [0.2, 0.25) is 0 Å². The van der Waals surface area contributed by atoms with E-state index in [1.165, 1.54) is 6.07 Å². The van der Waals surface area contributed by atoms with Gasteiger partial charge < -0.3 is 10.2 Å². The van der Waals surface area contributed by atoms with E-state index in [4.69, 9.17) is 0 Å². The molecule has 0 radical (unpaired) electrons. The molecule has 2 rings (SSSR count). The molecule has 1 fully saturated rings. The Hall–Kier alpha value is -1.13. The smallest absolute Gasteiger partial charge is 0.146 e. The standard InChI is InChI=1S/C15H24FN3/c1-3-13(12-17-2)18-8-10-19(11-9-18)15-7-5-4-6-14(15)16/h4-7,13,17H,3,8-12H2,1-2H3. The van der Waals surface area contributed by atoms with Crippen LogP contribution in [0.3, 0.4) is 0 Å². The summed E-state index contributed by atoms with van der Waals surface area (Å²) in [7, 11) is 2.00. The maximum Gasteiger partial charge on any atom is 0.146 e. The summed E-state index contributed by atoms with van der Waals surface area (Å²) in [5.74, 6) is -0.113. The lowest BCUT2D eigenvalue weighted by Gasteiger charge is -2.40. The van der Waals surface area contributed by atoms with E-state index in [-0.39, 0.29) is 5.82 Å². The molecular weight excluding hydrogens is 241 g/mol. The molecule has 106 valence electrons. The molecule has 1 heterocycles. The van der Waals surface area contributed by atoms with Gasteiger partial charge in [0.05, 0.1) is 5.69 Å². The third kappa shape index (κ3) is 3.45. The van der Waals surface area contributed by atoms with Gasteiger partial charge in [-0.25, -0.2) is 4.39 Å². The third-order valence-corrected chi connectivity index (χ3v) is 3.93. The Balaban J connectivity index is 1.94. The van der Waals surface area contributed by atoms with Gasteiger partial charge in [-0.3, -0.25) is 4.90 Å². The molecule has 0 spiro atoms. The number of anilines is 1. The van der Waals surface area contributed by atoms with Crippen molar-refractivity contribution in [3.8, 4) is 0 Å². The molecule has 1 aliphatic rings. The highest BCUT2D eigenvalue weighted by Crippen LogP contribution is 2.21. The first-order chi connectivity index (χ1) is 9.26. The van der Waals surface area contributed by atoms with E-state index in [0.29, 0.717) is 6.04 Å². The summed E-state index contributed by atoms with van der Waals surface area (Å²) in [6.45, 7) is 7.08. The zero-order valence-electron chi connectivity index (χ0n) is 11.9. The van der Waals surface area contributed by atoms with Gasteiger partial charge in [0.1, 0.15) is 5.82 Å². The van der Waals surface area contributed by atoms with Crippen LogP contribution in [0.15, 0.2) is 24.3 Å². The maximum atomic E-state index is 13.8. The molecule has 1 aliphatic heterocycles. The molecule has 0 amide bonds. The molecule has 1 saturated heterocycles. The summed E-state index contributed by atoms with van der Waals surface area (Å²) in [4.78, 5) is 4.66. The van der Waals surface area contributed by atoms with Gasteiger partial charge in [0, 0.05) is 38.8 Å². The normalized spacial score (nSPS) is 18.6. The van der Waals surface area contributed by atoms with Crippen molar-refractivity contribution < 1.29 is 4.39 Å². The summed E-state index contributed by atoms with van der Waals surface area (Å²) in [5.41, 5.74) is 0.740. The number of hydrogen-bond donors (Lipinski definition) is 1. The van der Waals surface area contributed by atoms with Crippen molar-refractivity contribution in [1.82, 2.24) is 10.2 Å². The molecule has 0 bridgehead atoms. The van der Waals surface area contributed by atoms with Crippen LogP contribution in [0.25, 0.3) is 0 Å². The number of nitrogens with one attached hydrogen (secondary N) is 1. The minimum Gasteiger partial charge on any atom is -0.367 e. The van der Waals surface area contributed by atoms with Crippen LogP contribution in [0.4, 0.5) is 10.1 Å². The van der Waals surface area contributed by atoms with E-state index in [9.17, 15) is 4.39 Å². The van der Waals surface area contributed by atoms with E-state index in [1.807, 2.05) is 19.2 Å². The highest BCUT2D eigenvalue weighted by atomic mass is 19.1. The van der Waals surface area contributed by atoms with Crippen LogP contribution in [0, 0.1) is 5.82 Å². The van der Waals surface area contributed by atoms with Crippen LogP contribution in [0.1, 0.15) is 13.3 Å². The van der Waals surface area contributed by atoms with Crippen LogP contribution in [0.5, 0.6) is 0 Å². The first kappa shape index (κ1) is 14.3. The quantitative estimate of drug-likeness (QED) is 0.878. The summed E-state index contributed by atoms with van der Waals surface area (Å²) in [5, 5.41) is 3.25. The van der Waals surface area contributed by atoms with Gasteiger partial charge in [0.25, 0.3) is 0 Å². The zero-order chi connectivity index (χ0) is 13.7. The molecule has 1 aromatic carbocycles. The van der Waals surface area contributed by atoms with Gasteiger partial charge in [-0.1, -0.05) is 19.1 Å². The Labute approximate surface area is 115 Å². The van der Waals surface area contributed by atoms with Crippen molar-refractivity contribution in [2.24, 2.45) is 0 Å². The molecule has 0 saturated carbocycles. The molecule has 1 N–H and O–H groups in total. The number of hydrogen-bond acceptors (Lipinski definition) is 3. The largest absolute Gasteiger partial charge is 0.367 e. The molecule has 1 aromatic rings. The van der Waals surface area contributed by atoms with Gasteiger partial charge in [-0.2, -0.15) is 0 Å². The maximum absolute atomic E-state index is 13.8. The lowest BCUT2D eigenvalue weighted by Crippen LogP contribution is -2.52. The van der Waals surface area contributed by atoms with Crippen molar-refractivity contribution in [2.45, 2.75) is 19.4 Å². The SMILES string of the molecule is CCC(CNC)N1CCN(c2ccccc2F)CC1. The van der Waals surface area contributed by atoms with Gasteiger partial charge in [-0.15, -0.1) is 0 Å². The summed E-state index contributed by atoms with van der Waals surface area (Å²) >= 11 is 0. The first-order valence-electron chi connectivity index (χ1n) is 7.14. The number of para-hydroxylation sites is 1. The molecule has 1 atom stereocenters. The Morgan fingerprint density at radius 2 is 1.89 bits per heavy atom. The summed E-state index contributed by atoms with van der Waals surface area (Å²) < 4.78 is 13.8. The van der Waals surface area contributed by atoms with Gasteiger partial charge in [0.2, 0.25) is 0 Å². The van der Waals surface area contributed by atoms with E-state index in [1.54, 1.807) is 6.07 Å². The topological polar surface area (TPSA) is 18.5 Å². The number of rotatable bonds is 5. The van der Waals surface area contributed by atoms with Crippen molar-refractivity contribution in [1.29, 1.82) is 0 Å². The molecule has 0 aliphatic carbocycles. The average Bonchev–Trinajstić information content (AvgIpc) is 2.46. The Morgan fingerprint density at radius 3 is 2.47 bits per heavy atom. The summed E-state index contributed by atoms with van der Waals surface area (Å²) in [6, 6.07) is 7.65. The van der Waals surface area contributed by atoms with Crippen LogP contribution in [-0.2, 0) is 0 Å². The second kappa shape index (κ2) is 6.87. The highest BCUT2D eigenvalue weighted by molar-refractivity contribution is 5.48. The molecule has 19 heavy (non-hydrogen) atoms.